The van der Waals surface area contributed by atoms with Crippen LogP contribution in [-0.4, -0.2) is 42.3 Å². The van der Waals surface area contributed by atoms with Gasteiger partial charge in [0.05, 0.1) is 5.92 Å². The van der Waals surface area contributed by atoms with Gasteiger partial charge in [0.15, 0.2) is 0 Å². The van der Waals surface area contributed by atoms with Gasteiger partial charge in [0.1, 0.15) is 12.6 Å². The average Bonchev–Trinajstić information content (AvgIpc) is 3.12. The van der Waals surface area contributed by atoms with Crippen LogP contribution in [0.15, 0.2) is 48.5 Å². The number of carboxylic acids is 1. The van der Waals surface area contributed by atoms with Crippen LogP contribution in [0.4, 0.5) is 4.79 Å². The molecule has 2 aromatic carbocycles. The number of nitrogens with one attached hydrogen (secondary N) is 2. The Balaban J connectivity index is 1.64. The molecule has 0 radical (unpaired) electrons. The molecule has 0 spiro atoms. The molecule has 3 rings (SSSR count). The van der Waals surface area contributed by atoms with Crippen molar-refractivity contribution in [2.24, 2.45) is 11.8 Å². The van der Waals surface area contributed by atoms with Gasteiger partial charge in [-0.25, -0.2) is 4.79 Å². The van der Waals surface area contributed by atoms with E-state index in [1.165, 1.54) is 6.92 Å². The molecule has 0 bridgehead atoms. The van der Waals surface area contributed by atoms with Gasteiger partial charge in [-0.05, 0) is 28.2 Å². The van der Waals surface area contributed by atoms with Gasteiger partial charge in [-0.1, -0.05) is 75.7 Å². The molecule has 0 fully saturated rings. The zero-order valence-electron chi connectivity index (χ0n) is 18.6. The third kappa shape index (κ3) is 5.10. The van der Waals surface area contributed by atoms with Crippen LogP contribution in [0.3, 0.4) is 0 Å². The quantitative estimate of drug-likeness (QED) is 0.553. The van der Waals surface area contributed by atoms with Crippen LogP contribution >= 0.6 is 0 Å². The summed E-state index contributed by atoms with van der Waals surface area (Å²) >= 11 is 0. The van der Waals surface area contributed by atoms with Gasteiger partial charge in [-0.2, -0.15) is 0 Å². The highest BCUT2D eigenvalue weighted by atomic mass is 16.5. The van der Waals surface area contributed by atoms with Crippen molar-refractivity contribution in [2.75, 3.05) is 13.2 Å². The molecule has 1 aliphatic carbocycles. The van der Waals surface area contributed by atoms with E-state index >= 15 is 0 Å². The molecule has 0 aliphatic heterocycles. The van der Waals surface area contributed by atoms with Crippen LogP contribution in [0.1, 0.15) is 44.2 Å². The van der Waals surface area contributed by atoms with Crippen LogP contribution in [0.25, 0.3) is 11.1 Å². The lowest BCUT2D eigenvalue weighted by Crippen LogP contribution is -2.51. The first-order chi connectivity index (χ1) is 15.3. The topological polar surface area (TPSA) is 105 Å². The molecular formula is C25H30N2O5. The summed E-state index contributed by atoms with van der Waals surface area (Å²) in [6, 6.07) is 15.3. The number of carbonyl (C=O) groups excluding carboxylic acids is 2. The molecule has 0 saturated carbocycles. The van der Waals surface area contributed by atoms with Crippen molar-refractivity contribution in [3.05, 3.63) is 59.7 Å². The molecule has 0 aromatic heterocycles. The van der Waals surface area contributed by atoms with E-state index in [2.05, 4.69) is 22.8 Å². The molecule has 0 saturated heterocycles. The molecule has 7 nitrogen and oxygen atoms in total. The Morgan fingerprint density at radius 1 is 1.00 bits per heavy atom. The predicted molar refractivity (Wildman–Crippen MR) is 121 cm³/mol. The number of carboxylic acid groups (broad SMARTS) is 1. The van der Waals surface area contributed by atoms with Crippen LogP contribution in [0.2, 0.25) is 0 Å². The number of hydrogen-bond donors (Lipinski definition) is 3. The summed E-state index contributed by atoms with van der Waals surface area (Å²) in [6.07, 6.45) is -0.00504. The van der Waals surface area contributed by atoms with E-state index in [0.29, 0.717) is 6.42 Å². The third-order valence-corrected chi connectivity index (χ3v) is 6.12. The van der Waals surface area contributed by atoms with Crippen LogP contribution < -0.4 is 10.6 Å². The molecule has 3 atom stereocenters. The van der Waals surface area contributed by atoms with Crippen LogP contribution in [-0.2, 0) is 14.3 Å². The number of hydrogen-bond acceptors (Lipinski definition) is 4. The maximum atomic E-state index is 12.6. The number of benzene rings is 2. The summed E-state index contributed by atoms with van der Waals surface area (Å²) in [7, 11) is 0. The summed E-state index contributed by atoms with van der Waals surface area (Å²) < 4.78 is 5.55. The minimum atomic E-state index is -0.991. The summed E-state index contributed by atoms with van der Waals surface area (Å²) in [4.78, 5) is 36.2. The maximum Gasteiger partial charge on any atom is 0.407 e. The smallest absolute Gasteiger partial charge is 0.407 e. The zero-order chi connectivity index (χ0) is 23.3. The SMILES string of the molecule is CC[C@H](C)[C@H](NC(=O)OCC1c2ccccc2-c2ccccc21)C(=O)NCC(C)C(=O)O. The first kappa shape index (κ1) is 23.3. The van der Waals surface area contributed by atoms with E-state index in [1.807, 2.05) is 50.2 Å². The fourth-order valence-corrected chi connectivity index (χ4v) is 3.92. The van der Waals surface area contributed by atoms with Gasteiger partial charge in [0, 0.05) is 12.5 Å². The molecule has 0 heterocycles. The van der Waals surface area contributed by atoms with Gasteiger partial charge in [-0.15, -0.1) is 0 Å². The largest absolute Gasteiger partial charge is 0.481 e. The van der Waals surface area contributed by atoms with E-state index in [9.17, 15) is 14.4 Å². The first-order valence-electron chi connectivity index (χ1n) is 11.0. The van der Waals surface area contributed by atoms with E-state index in [-0.39, 0.29) is 25.0 Å². The van der Waals surface area contributed by atoms with Crippen LogP contribution in [0.5, 0.6) is 0 Å². The number of ether oxygens (including phenoxy) is 1. The zero-order valence-corrected chi connectivity index (χ0v) is 18.6. The first-order valence-corrected chi connectivity index (χ1v) is 11.0. The standard InChI is InChI=1S/C25H30N2O5/c1-4-15(2)22(23(28)26-13-16(3)24(29)30)27-25(31)32-14-21-19-11-7-5-9-17(19)18-10-6-8-12-20(18)21/h5-12,15-16,21-22H,4,13-14H2,1-3H3,(H,26,28)(H,27,31)(H,29,30)/t15-,16?,22-/m0/s1. The molecule has 1 aliphatic rings. The fraction of sp³-hybridized carbons (Fsp3) is 0.400. The Morgan fingerprint density at radius 2 is 1.56 bits per heavy atom. The van der Waals surface area contributed by atoms with Gasteiger partial charge >= 0.3 is 12.1 Å². The summed E-state index contributed by atoms with van der Waals surface area (Å²) in [5.41, 5.74) is 4.50. The second kappa shape index (κ2) is 10.3. The van der Waals surface area contributed by atoms with E-state index < -0.39 is 29.9 Å². The Hall–Kier alpha value is -3.35. The van der Waals surface area contributed by atoms with Crippen LogP contribution in [0, 0.1) is 11.8 Å². The highest BCUT2D eigenvalue weighted by Crippen LogP contribution is 2.44. The molecule has 2 amide bonds. The lowest BCUT2D eigenvalue weighted by Gasteiger charge is -2.24. The monoisotopic (exact) mass is 438 g/mol. The highest BCUT2D eigenvalue weighted by Gasteiger charge is 2.31. The van der Waals surface area contributed by atoms with Gasteiger partial charge in [0.25, 0.3) is 0 Å². The number of aliphatic carboxylic acids is 1. The van der Waals surface area contributed by atoms with Crippen molar-refractivity contribution in [2.45, 2.75) is 39.2 Å². The van der Waals surface area contributed by atoms with Crippen molar-refractivity contribution in [1.29, 1.82) is 0 Å². The summed E-state index contributed by atoms with van der Waals surface area (Å²) in [6.45, 7) is 5.44. The Bertz CT molecular complexity index is 944. The molecule has 170 valence electrons. The van der Waals surface area contributed by atoms with Crippen molar-refractivity contribution >= 4 is 18.0 Å². The van der Waals surface area contributed by atoms with E-state index in [0.717, 1.165) is 22.3 Å². The predicted octanol–water partition coefficient (Wildman–Crippen LogP) is 3.78. The van der Waals surface area contributed by atoms with Crippen molar-refractivity contribution in [3.8, 4) is 11.1 Å². The third-order valence-electron chi connectivity index (χ3n) is 6.12. The second-order valence-corrected chi connectivity index (χ2v) is 8.32. The van der Waals surface area contributed by atoms with Gasteiger partial charge in [0.2, 0.25) is 5.91 Å². The number of amides is 2. The Labute approximate surface area is 188 Å². The molecule has 3 N–H and O–H groups in total. The van der Waals surface area contributed by atoms with Gasteiger partial charge < -0.3 is 20.5 Å². The number of rotatable bonds is 9. The normalized spacial score (nSPS) is 15.1. The van der Waals surface area contributed by atoms with Crippen molar-refractivity contribution in [1.82, 2.24) is 10.6 Å². The van der Waals surface area contributed by atoms with Crippen molar-refractivity contribution in [3.63, 3.8) is 0 Å². The summed E-state index contributed by atoms with van der Waals surface area (Å²) in [5, 5.41) is 14.3. The molecule has 7 heteroatoms. The Kier molecular flexibility index (Phi) is 7.51. The lowest BCUT2D eigenvalue weighted by atomic mass is 9.98. The minimum Gasteiger partial charge on any atom is -0.481 e. The molecule has 32 heavy (non-hydrogen) atoms. The van der Waals surface area contributed by atoms with Crippen molar-refractivity contribution < 1.29 is 24.2 Å². The maximum absolute atomic E-state index is 12.6. The van der Waals surface area contributed by atoms with E-state index in [1.54, 1.807) is 0 Å². The summed E-state index contributed by atoms with van der Waals surface area (Å²) in [5.74, 6) is -2.34. The van der Waals surface area contributed by atoms with E-state index in [4.69, 9.17) is 9.84 Å². The lowest BCUT2D eigenvalue weighted by molar-refractivity contribution is -0.141. The highest BCUT2D eigenvalue weighted by molar-refractivity contribution is 5.86. The minimum absolute atomic E-state index is 0.00648. The second-order valence-electron chi connectivity index (χ2n) is 8.32. The molecular weight excluding hydrogens is 408 g/mol. The number of fused-ring (bicyclic) bond motifs is 3. The molecule has 2 aromatic rings. The van der Waals surface area contributed by atoms with Gasteiger partial charge in [-0.3, -0.25) is 9.59 Å². The fourth-order valence-electron chi connectivity index (χ4n) is 3.92. The number of carbonyl (C=O) groups is 3. The number of alkyl carbamates (subject to hydrolysis) is 1. The Morgan fingerprint density at radius 3 is 2.09 bits per heavy atom. The average molecular weight is 439 g/mol. The molecule has 1 unspecified atom stereocenters.